The van der Waals surface area contributed by atoms with Gasteiger partial charge in [-0.3, -0.25) is 20.2 Å². The van der Waals surface area contributed by atoms with E-state index in [1.807, 2.05) is 0 Å². The molecule has 0 bridgehead atoms. The SMILES string of the molecule is CCCCc1nnc(NC(=O)c2cc([N+](=O)[O-])ccc2N2CCC(C)CC2)s1. The Morgan fingerprint density at radius 1 is 1.36 bits per heavy atom. The van der Waals surface area contributed by atoms with Crippen LogP contribution >= 0.6 is 11.3 Å². The molecule has 2 aromatic rings. The predicted molar refractivity (Wildman–Crippen MR) is 110 cm³/mol. The van der Waals surface area contributed by atoms with Crippen LogP contribution in [-0.4, -0.2) is 34.1 Å². The molecule has 0 unspecified atom stereocenters. The minimum atomic E-state index is -0.480. The van der Waals surface area contributed by atoms with E-state index in [-0.39, 0.29) is 5.69 Å². The molecule has 3 rings (SSSR count). The zero-order chi connectivity index (χ0) is 20.1. The van der Waals surface area contributed by atoms with Crippen molar-refractivity contribution in [3.05, 3.63) is 38.9 Å². The molecular weight excluding hydrogens is 378 g/mol. The highest BCUT2D eigenvalue weighted by atomic mass is 32.1. The number of benzene rings is 1. The van der Waals surface area contributed by atoms with Crippen LogP contribution in [0.2, 0.25) is 0 Å². The first-order chi connectivity index (χ1) is 13.5. The molecule has 1 aromatic heterocycles. The number of piperidine rings is 1. The minimum absolute atomic E-state index is 0.0971. The predicted octanol–water partition coefficient (Wildman–Crippen LogP) is 4.28. The fraction of sp³-hybridized carbons (Fsp3) is 0.526. The van der Waals surface area contributed by atoms with Gasteiger partial charge in [0.25, 0.3) is 11.6 Å². The fourth-order valence-corrected chi connectivity index (χ4v) is 4.02. The fourth-order valence-electron chi connectivity index (χ4n) is 3.24. The van der Waals surface area contributed by atoms with Gasteiger partial charge in [-0.25, -0.2) is 0 Å². The summed E-state index contributed by atoms with van der Waals surface area (Å²) in [6.07, 6.45) is 4.99. The quantitative estimate of drug-likeness (QED) is 0.547. The summed E-state index contributed by atoms with van der Waals surface area (Å²) in [6.45, 7) is 5.99. The van der Waals surface area contributed by atoms with Gasteiger partial charge in [0.2, 0.25) is 5.13 Å². The van der Waals surface area contributed by atoms with Gasteiger partial charge in [-0.1, -0.05) is 31.6 Å². The number of nitro groups is 1. The molecule has 1 aliphatic rings. The van der Waals surface area contributed by atoms with Gasteiger partial charge in [0, 0.05) is 31.6 Å². The number of hydrogen-bond donors (Lipinski definition) is 1. The number of aromatic nitrogens is 2. The van der Waals surface area contributed by atoms with Crippen LogP contribution in [0.15, 0.2) is 18.2 Å². The number of nitrogens with zero attached hydrogens (tertiary/aromatic N) is 4. The molecule has 1 aliphatic heterocycles. The van der Waals surface area contributed by atoms with Gasteiger partial charge in [0.05, 0.1) is 16.2 Å². The van der Waals surface area contributed by atoms with Crippen molar-refractivity contribution in [1.29, 1.82) is 0 Å². The Kier molecular flexibility index (Phi) is 6.56. The van der Waals surface area contributed by atoms with Crippen LogP contribution in [-0.2, 0) is 6.42 Å². The van der Waals surface area contributed by atoms with Crippen molar-refractivity contribution in [2.75, 3.05) is 23.3 Å². The van der Waals surface area contributed by atoms with E-state index in [1.54, 1.807) is 6.07 Å². The van der Waals surface area contributed by atoms with Crippen LogP contribution in [0, 0.1) is 16.0 Å². The summed E-state index contributed by atoms with van der Waals surface area (Å²) in [6, 6.07) is 4.48. The second kappa shape index (κ2) is 9.09. The van der Waals surface area contributed by atoms with E-state index in [1.165, 1.54) is 23.5 Å². The minimum Gasteiger partial charge on any atom is -0.371 e. The van der Waals surface area contributed by atoms with Crippen molar-refractivity contribution in [3.63, 3.8) is 0 Å². The highest BCUT2D eigenvalue weighted by Crippen LogP contribution is 2.30. The number of carbonyl (C=O) groups is 1. The Labute approximate surface area is 168 Å². The van der Waals surface area contributed by atoms with Crippen molar-refractivity contribution in [2.24, 2.45) is 5.92 Å². The Balaban J connectivity index is 1.83. The molecule has 150 valence electrons. The number of hydrogen-bond acceptors (Lipinski definition) is 7. The van der Waals surface area contributed by atoms with Crippen molar-refractivity contribution in [3.8, 4) is 0 Å². The van der Waals surface area contributed by atoms with E-state index in [4.69, 9.17) is 0 Å². The molecule has 8 nitrogen and oxygen atoms in total. The Morgan fingerprint density at radius 2 is 2.11 bits per heavy atom. The third kappa shape index (κ3) is 4.83. The van der Waals surface area contributed by atoms with Crippen LogP contribution in [0.3, 0.4) is 0 Å². The number of aryl methyl sites for hydroxylation is 1. The summed E-state index contributed by atoms with van der Waals surface area (Å²) in [4.78, 5) is 25.8. The van der Waals surface area contributed by atoms with Crippen LogP contribution in [0.1, 0.15) is 54.9 Å². The van der Waals surface area contributed by atoms with Gasteiger partial charge in [-0.15, -0.1) is 10.2 Å². The van der Waals surface area contributed by atoms with Crippen molar-refractivity contribution >= 4 is 33.8 Å². The Bertz CT molecular complexity index is 846. The highest BCUT2D eigenvalue weighted by molar-refractivity contribution is 7.15. The Hall–Kier alpha value is -2.55. The first kappa shape index (κ1) is 20.2. The third-order valence-corrected chi connectivity index (χ3v) is 5.89. The molecule has 0 spiro atoms. The number of anilines is 2. The van der Waals surface area contributed by atoms with Gasteiger partial charge in [-0.05, 0) is 31.2 Å². The van der Waals surface area contributed by atoms with Gasteiger partial charge < -0.3 is 4.90 Å². The second-order valence-electron chi connectivity index (χ2n) is 7.19. The number of non-ortho nitro benzene ring substituents is 1. The van der Waals surface area contributed by atoms with Crippen LogP contribution in [0.4, 0.5) is 16.5 Å². The molecule has 0 aliphatic carbocycles. The molecule has 9 heteroatoms. The van der Waals surface area contributed by atoms with E-state index in [9.17, 15) is 14.9 Å². The summed E-state index contributed by atoms with van der Waals surface area (Å²) in [5.41, 5.74) is 0.931. The lowest BCUT2D eigenvalue weighted by atomic mass is 9.98. The summed E-state index contributed by atoms with van der Waals surface area (Å²) >= 11 is 1.35. The first-order valence-electron chi connectivity index (χ1n) is 9.65. The normalized spacial score (nSPS) is 14.9. The van der Waals surface area contributed by atoms with Crippen molar-refractivity contribution in [1.82, 2.24) is 10.2 Å². The molecular formula is C19H25N5O3S. The number of rotatable bonds is 7. The molecule has 0 atom stereocenters. The molecule has 1 amide bonds. The smallest absolute Gasteiger partial charge is 0.270 e. The molecule has 0 radical (unpaired) electrons. The summed E-state index contributed by atoms with van der Waals surface area (Å²) in [7, 11) is 0. The van der Waals surface area contributed by atoms with Gasteiger partial charge >= 0.3 is 0 Å². The van der Waals surface area contributed by atoms with Gasteiger partial charge in [-0.2, -0.15) is 0 Å². The lowest BCUT2D eigenvalue weighted by Gasteiger charge is -2.33. The van der Waals surface area contributed by atoms with Crippen molar-refractivity contribution in [2.45, 2.75) is 46.0 Å². The van der Waals surface area contributed by atoms with Crippen LogP contribution in [0.25, 0.3) is 0 Å². The van der Waals surface area contributed by atoms with Crippen LogP contribution in [0.5, 0.6) is 0 Å². The molecule has 2 heterocycles. The maximum atomic E-state index is 12.9. The molecule has 1 N–H and O–H groups in total. The second-order valence-corrected chi connectivity index (χ2v) is 8.25. The van der Waals surface area contributed by atoms with E-state index >= 15 is 0 Å². The third-order valence-electron chi connectivity index (χ3n) is 4.99. The average molecular weight is 404 g/mol. The monoisotopic (exact) mass is 403 g/mol. The van der Waals surface area contributed by atoms with E-state index < -0.39 is 10.8 Å². The maximum Gasteiger partial charge on any atom is 0.270 e. The molecule has 1 aromatic carbocycles. The first-order valence-corrected chi connectivity index (χ1v) is 10.5. The van der Waals surface area contributed by atoms with E-state index in [0.29, 0.717) is 16.6 Å². The summed E-state index contributed by atoms with van der Waals surface area (Å²) in [5, 5.41) is 23.4. The van der Waals surface area contributed by atoms with E-state index in [2.05, 4.69) is 34.3 Å². The standard InChI is InChI=1S/C19H25N5O3S/c1-3-4-5-17-21-22-19(28-17)20-18(25)15-12-14(24(26)27)6-7-16(15)23-10-8-13(2)9-11-23/h6-7,12-13H,3-5,8-11H2,1-2H3,(H,20,22,25). The zero-order valence-corrected chi connectivity index (χ0v) is 17.0. The maximum absolute atomic E-state index is 12.9. The molecule has 0 saturated carbocycles. The Morgan fingerprint density at radius 3 is 2.79 bits per heavy atom. The molecule has 1 saturated heterocycles. The average Bonchev–Trinajstić information content (AvgIpc) is 3.13. The number of nitrogens with one attached hydrogen (secondary N) is 1. The number of carbonyl (C=O) groups excluding carboxylic acids is 1. The highest BCUT2D eigenvalue weighted by Gasteiger charge is 2.24. The summed E-state index contributed by atoms with van der Waals surface area (Å²) < 4.78 is 0. The molecule has 1 fully saturated rings. The number of nitro benzene ring substituents is 1. The number of unbranched alkanes of at least 4 members (excludes halogenated alkanes) is 1. The topological polar surface area (TPSA) is 101 Å². The van der Waals surface area contributed by atoms with Gasteiger partial charge in [0.15, 0.2) is 0 Å². The lowest BCUT2D eigenvalue weighted by molar-refractivity contribution is -0.384. The number of amides is 1. The summed E-state index contributed by atoms with van der Waals surface area (Å²) in [5.74, 6) is 0.255. The van der Waals surface area contributed by atoms with Gasteiger partial charge in [0.1, 0.15) is 5.01 Å². The van der Waals surface area contributed by atoms with Crippen LogP contribution < -0.4 is 10.2 Å². The molecule has 28 heavy (non-hydrogen) atoms. The van der Waals surface area contributed by atoms with E-state index in [0.717, 1.165) is 55.9 Å². The largest absolute Gasteiger partial charge is 0.371 e. The lowest BCUT2D eigenvalue weighted by Crippen LogP contribution is -2.34. The van der Waals surface area contributed by atoms with Crippen molar-refractivity contribution < 1.29 is 9.72 Å². The zero-order valence-electron chi connectivity index (χ0n) is 16.2.